The molecule has 2 amide bonds. The monoisotopic (exact) mass is 462 g/mol. The first-order valence-corrected chi connectivity index (χ1v) is 12.1. The SMILES string of the molecule is O=C(N[C@@H]1CC[C@H](C(=O)NC2CCC(C(=O)O)C2)C1)OCC1c2ccccc2-c2ccccc21. The molecule has 0 spiro atoms. The van der Waals surface area contributed by atoms with Crippen LogP contribution in [-0.4, -0.2) is 41.8 Å². The Kier molecular flexibility index (Phi) is 6.26. The van der Waals surface area contributed by atoms with Crippen molar-refractivity contribution in [2.45, 2.75) is 56.5 Å². The molecule has 34 heavy (non-hydrogen) atoms. The molecule has 0 aliphatic heterocycles. The second-order valence-corrected chi connectivity index (χ2v) is 9.73. The molecule has 2 fully saturated rings. The van der Waals surface area contributed by atoms with Crippen molar-refractivity contribution in [3.8, 4) is 11.1 Å². The lowest BCUT2D eigenvalue weighted by atomic mass is 9.98. The normalized spacial score (nSPS) is 25.4. The average Bonchev–Trinajstić information content (AvgIpc) is 3.56. The molecule has 3 N–H and O–H groups in total. The second-order valence-electron chi connectivity index (χ2n) is 9.73. The summed E-state index contributed by atoms with van der Waals surface area (Å²) in [5.74, 6) is -1.33. The highest BCUT2D eigenvalue weighted by atomic mass is 16.5. The molecular formula is C27H30N2O5. The van der Waals surface area contributed by atoms with Gasteiger partial charge in [0, 0.05) is 23.9 Å². The van der Waals surface area contributed by atoms with Gasteiger partial charge in [-0.05, 0) is 60.8 Å². The third kappa shape index (κ3) is 4.52. The largest absolute Gasteiger partial charge is 0.481 e. The Hall–Kier alpha value is -3.35. The van der Waals surface area contributed by atoms with Crippen LogP contribution in [-0.2, 0) is 14.3 Å². The molecular weight excluding hydrogens is 432 g/mol. The summed E-state index contributed by atoms with van der Waals surface area (Å²) in [7, 11) is 0. The van der Waals surface area contributed by atoms with Crippen LogP contribution in [0.15, 0.2) is 48.5 Å². The summed E-state index contributed by atoms with van der Waals surface area (Å²) in [5, 5.41) is 15.1. The van der Waals surface area contributed by atoms with Crippen LogP contribution >= 0.6 is 0 Å². The molecule has 5 rings (SSSR count). The van der Waals surface area contributed by atoms with Gasteiger partial charge in [0.2, 0.25) is 5.91 Å². The number of carbonyl (C=O) groups is 3. The maximum Gasteiger partial charge on any atom is 0.407 e. The van der Waals surface area contributed by atoms with Crippen molar-refractivity contribution in [3.05, 3.63) is 59.7 Å². The lowest BCUT2D eigenvalue weighted by Crippen LogP contribution is -2.38. The van der Waals surface area contributed by atoms with E-state index in [9.17, 15) is 14.4 Å². The molecule has 0 aromatic heterocycles. The Labute approximate surface area is 198 Å². The Morgan fingerprint density at radius 1 is 0.794 bits per heavy atom. The first-order valence-electron chi connectivity index (χ1n) is 12.1. The van der Waals surface area contributed by atoms with E-state index in [1.165, 1.54) is 22.3 Å². The Balaban J connectivity index is 1.10. The van der Waals surface area contributed by atoms with E-state index in [2.05, 4.69) is 34.9 Å². The summed E-state index contributed by atoms with van der Waals surface area (Å²) in [6.45, 7) is 0.267. The number of alkyl carbamates (subject to hydrolysis) is 1. The van der Waals surface area contributed by atoms with Gasteiger partial charge in [-0.25, -0.2) is 4.79 Å². The number of amides is 2. The highest BCUT2D eigenvalue weighted by Crippen LogP contribution is 2.44. The molecule has 2 aromatic rings. The van der Waals surface area contributed by atoms with E-state index in [0.717, 1.165) is 6.42 Å². The number of nitrogens with one attached hydrogen (secondary N) is 2. The first kappa shape index (κ1) is 22.4. The predicted molar refractivity (Wildman–Crippen MR) is 126 cm³/mol. The van der Waals surface area contributed by atoms with Gasteiger partial charge in [0.1, 0.15) is 6.61 Å². The van der Waals surface area contributed by atoms with E-state index in [1.807, 2.05) is 24.3 Å². The lowest BCUT2D eigenvalue weighted by Gasteiger charge is -2.18. The summed E-state index contributed by atoms with van der Waals surface area (Å²) in [4.78, 5) is 36.3. The fourth-order valence-electron chi connectivity index (χ4n) is 5.81. The van der Waals surface area contributed by atoms with E-state index in [0.29, 0.717) is 32.1 Å². The van der Waals surface area contributed by atoms with E-state index in [1.54, 1.807) is 0 Å². The minimum absolute atomic E-state index is 0.0151. The molecule has 7 nitrogen and oxygen atoms in total. The van der Waals surface area contributed by atoms with Gasteiger partial charge >= 0.3 is 12.1 Å². The fraction of sp³-hybridized carbons (Fsp3) is 0.444. The molecule has 4 atom stereocenters. The molecule has 7 heteroatoms. The van der Waals surface area contributed by atoms with Crippen LogP contribution in [0, 0.1) is 11.8 Å². The molecule has 178 valence electrons. The van der Waals surface area contributed by atoms with Gasteiger partial charge in [0.05, 0.1) is 5.92 Å². The number of carbonyl (C=O) groups excluding carboxylic acids is 2. The van der Waals surface area contributed by atoms with E-state index >= 15 is 0 Å². The topological polar surface area (TPSA) is 105 Å². The van der Waals surface area contributed by atoms with Crippen LogP contribution in [0.4, 0.5) is 4.79 Å². The quantitative estimate of drug-likeness (QED) is 0.600. The van der Waals surface area contributed by atoms with Gasteiger partial charge in [-0.15, -0.1) is 0 Å². The molecule has 3 aliphatic carbocycles. The molecule has 2 aromatic carbocycles. The van der Waals surface area contributed by atoms with Crippen molar-refractivity contribution in [2.24, 2.45) is 11.8 Å². The van der Waals surface area contributed by atoms with Crippen molar-refractivity contribution < 1.29 is 24.2 Å². The van der Waals surface area contributed by atoms with Crippen LogP contribution in [0.5, 0.6) is 0 Å². The van der Waals surface area contributed by atoms with Gasteiger partial charge in [0.25, 0.3) is 0 Å². The molecule has 3 aliphatic rings. The lowest BCUT2D eigenvalue weighted by molar-refractivity contribution is -0.141. The summed E-state index contributed by atoms with van der Waals surface area (Å²) >= 11 is 0. The van der Waals surface area contributed by atoms with Crippen LogP contribution in [0.2, 0.25) is 0 Å². The number of hydrogen-bond acceptors (Lipinski definition) is 4. The molecule has 0 radical (unpaired) electrons. The zero-order valence-corrected chi connectivity index (χ0v) is 19.0. The summed E-state index contributed by atoms with van der Waals surface area (Å²) in [5.41, 5.74) is 4.72. The smallest absolute Gasteiger partial charge is 0.407 e. The molecule has 0 heterocycles. The minimum atomic E-state index is -0.787. The number of fused-ring (bicyclic) bond motifs is 3. The first-order chi connectivity index (χ1) is 16.5. The Morgan fingerprint density at radius 3 is 1.97 bits per heavy atom. The highest BCUT2D eigenvalue weighted by Gasteiger charge is 2.35. The third-order valence-corrected chi connectivity index (χ3v) is 7.60. The van der Waals surface area contributed by atoms with Crippen LogP contribution in [0.1, 0.15) is 55.6 Å². The average molecular weight is 463 g/mol. The van der Waals surface area contributed by atoms with Gasteiger partial charge in [-0.3, -0.25) is 9.59 Å². The van der Waals surface area contributed by atoms with E-state index in [4.69, 9.17) is 9.84 Å². The number of ether oxygens (including phenoxy) is 1. The number of benzene rings is 2. The minimum Gasteiger partial charge on any atom is -0.481 e. The molecule has 2 unspecified atom stereocenters. The van der Waals surface area contributed by atoms with Gasteiger partial charge in [-0.1, -0.05) is 48.5 Å². The standard InChI is InChI=1S/C27H30N2O5/c30-25(28-18-12-10-17(14-18)26(31)32)16-9-11-19(13-16)29-27(33)34-15-24-22-7-3-1-5-20(22)21-6-2-4-8-23(21)24/h1-8,16-19,24H,9-15H2,(H,28,30)(H,29,33)(H,31,32)/t16-,17?,18?,19+/m0/s1. The van der Waals surface area contributed by atoms with Gasteiger partial charge < -0.3 is 20.5 Å². The Morgan fingerprint density at radius 2 is 1.35 bits per heavy atom. The maximum absolute atomic E-state index is 12.6. The number of carboxylic acids is 1. The van der Waals surface area contributed by atoms with Crippen LogP contribution < -0.4 is 10.6 Å². The Bertz CT molecular complexity index is 1050. The van der Waals surface area contributed by atoms with Gasteiger partial charge in [0.15, 0.2) is 0 Å². The fourth-order valence-corrected chi connectivity index (χ4v) is 5.81. The van der Waals surface area contributed by atoms with Crippen molar-refractivity contribution in [1.29, 1.82) is 0 Å². The van der Waals surface area contributed by atoms with Crippen molar-refractivity contribution >= 4 is 18.0 Å². The highest BCUT2D eigenvalue weighted by molar-refractivity contribution is 5.80. The van der Waals surface area contributed by atoms with Gasteiger partial charge in [-0.2, -0.15) is 0 Å². The second kappa shape index (κ2) is 9.49. The maximum atomic E-state index is 12.6. The zero-order chi connectivity index (χ0) is 23.7. The number of rotatable bonds is 6. The van der Waals surface area contributed by atoms with E-state index in [-0.39, 0.29) is 42.4 Å². The zero-order valence-electron chi connectivity index (χ0n) is 19.0. The summed E-state index contributed by atoms with van der Waals surface area (Å²) in [6.07, 6.45) is 3.36. The predicted octanol–water partition coefficient (Wildman–Crippen LogP) is 4.06. The molecule has 0 saturated heterocycles. The van der Waals surface area contributed by atoms with Crippen molar-refractivity contribution in [2.75, 3.05) is 6.61 Å². The summed E-state index contributed by atoms with van der Waals surface area (Å²) in [6, 6.07) is 16.3. The molecule has 0 bridgehead atoms. The van der Waals surface area contributed by atoms with Crippen molar-refractivity contribution in [3.63, 3.8) is 0 Å². The third-order valence-electron chi connectivity index (χ3n) is 7.60. The number of carboxylic acid groups (broad SMARTS) is 1. The van der Waals surface area contributed by atoms with Crippen LogP contribution in [0.25, 0.3) is 11.1 Å². The van der Waals surface area contributed by atoms with Crippen LogP contribution in [0.3, 0.4) is 0 Å². The van der Waals surface area contributed by atoms with E-state index < -0.39 is 12.1 Å². The van der Waals surface area contributed by atoms with Crippen molar-refractivity contribution in [1.82, 2.24) is 10.6 Å². The molecule has 2 saturated carbocycles. The number of aliphatic carboxylic acids is 1. The number of hydrogen-bond donors (Lipinski definition) is 3. The summed E-state index contributed by atoms with van der Waals surface area (Å²) < 4.78 is 5.63.